The minimum atomic E-state index is -0.547. The fourth-order valence-corrected chi connectivity index (χ4v) is 2.01. The topological polar surface area (TPSA) is 54.0 Å². The third kappa shape index (κ3) is 4.55. The zero-order chi connectivity index (χ0) is 15.8. The Bertz CT molecular complexity index is 614. The number of rotatable bonds is 7. The van der Waals surface area contributed by atoms with E-state index in [-0.39, 0.29) is 5.56 Å². The molecule has 0 unspecified atom stereocenters. The number of unbranched alkanes of at least 4 members (excludes halogenated alkanes) is 2. The summed E-state index contributed by atoms with van der Waals surface area (Å²) < 4.78 is 13.5. The van der Waals surface area contributed by atoms with Gasteiger partial charge in [0.25, 0.3) is 5.91 Å². The van der Waals surface area contributed by atoms with Crippen molar-refractivity contribution < 1.29 is 9.18 Å². The van der Waals surface area contributed by atoms with Crippen molar-refractivity contribution in [2.75, 3.05) is 17.2 Å². The quantitative estimate of drug-likeness (QED) is 0.758. The number of pyridine rings is 1. The molecule has 0 aliphatic heterocycles. The first-order chi connectivity index (χ1) is 10.7. The molecule has 0 atom stereocenters. The molecule has 0 saturated carbocycles. The van der Waals surface area contributed by atoms with Gasteiger partial charge in [0.2, 0.25) is 0 Å². The van der Waals surface area contributed by atoms with E-state index in [1.165, 1.54) is 25.0 Å². The van der Waals surface area contributed by atoms with Crippen molar-refractivity contribution in [3.63, 3.8) is 0 Å². The number of carbonyl (C=O) groups excluding carboxylic acids is 1. The van der Waals surface area contributed by atoms with Crippen LogP contribution in [0.25, 0.3) is 0 Å². The molecule has 5 heteroatoms. The number of benzene rings is 1. The van der Waals surface area contributed by atoms with Crippen LogP contribution in [0.1, 0.15) is 36.5 Å². The average molecular weight is 301 g/mol. The van der Waals surface area contributed by atoms with E-state index < -0.39 is 11.7 Å². The molecule has 2 N–H and O–H groups in total. The van der Waals surface area contributed by atoms with E-state index in [1.807, 2.05) is 6.07 Å². The molecule has 0 saturated heterocycles. The molecule has 1 aromatic carbocycles. The van der Waals surface area contributed by atoms with Crippen LogP contribution >= 0.6 is 0 Å². The number of nitrogens with one attached hydrogen (secondary N) is 2. The second-order valence-electron chi connectivity index (χ2n) is 5.00. The molecule has 0 aliphatic carbocycles. The lowest BCUT2D eigenvalue weighted by molar-refractivity contribution is 0.102. The van der Waals surface area contributed by atoms with Gasteiger partial charge in [-0.1, -0.05) is 31.9 Å². The molecule has 0 fully saturated rings. The highest BCUT2D eigenvalue weighted by atomic mass is 19.1. The Morgan fingerprint density at radius 1 is 1.18 bits per heavy atom. The van der Waals surface area contributed by atoms with E-state index in [1.54, 1.807) is 24.4 Å². The maximum Gasteiger partial charge on any atom is 0.259 e. The van der Waals surface area contributed by atoms with E-state index in [0.717, 1.165) is 18.7 Å². The molecule has 1 amide bonds. The zero-order valence-corrected chi connectivity index (χ0v) is 12.6. The van der Waals surface area contributed by atoms with Gasteiger partial charge in [0.15, 0.2) is 0 Å². The van der Waals surface area contributed by atoms with Crippen LogP contribution in [0.5, 0.6) is 0 Å². The van der Waals surface area contributed by atoms with Gasteiger partial charge in [-0.3, -0.25) is 4.79 Å². The van der Waals surface area contributed by atoms with Crippen molar-refractivity contribution in [2.45, 2.75) is 26.2 Å². The van der Waals surface area contributed by atoms with Gasteiger partial charge in [0.1, 0.15) is 11.6 Å². The highest BCUT2D eigenvalue weighted by Gasteiger charge is 2.11. The largest absolute Gasteiger partial charge is 0.384 e. The summed E-state index contributed by atoms with van der Waals surface area (Å²) in [5.74, 6) is -0.657. The first kappa shape index (κ1) is 15.9. The fourth-order valence-electron chi connectivity index (χ4n) is 2.01. The SMILES string of the molecule is CCCCCNc1ccc(NC(=O)c2ccccc2F)nc1. The summed E-state index contributed by atoms with van der Waals surface area (Å²) in [7, 11) is 0. The summed E-state index contributed by atoms with van der Waals surface area (Å²) in [6.45, 7) is 3.06. The number of aromatic nitrogens is 1. The van der Waals surface area contributed by atoms with Gasteiger partial charge in [-0.05, 0) is 30.7 Å². The molecule has 4 nitrogen and oxygen atoms in total. The van der Waals surface area contributed by atoms with Crippen LogP contribution in [-0.4, -0.2) is 17.4 Å². The number of halogens is 1. The molecular weight excluding hydrogens is 281 g/mol. The molecule has 1 aromatic heterocycles. The minimum Gasteiger partial charge on any atom is -0.384 e. The molecular formula is C17H20FN3O. The average Bonchev–Trinajstić information content (AvgIpc) is 2.53. The smallest absolute Gasteiger partial charge is 0.259 e. The van der Waals surface area contributed by atoms with Crippen molar-refractivity contribution in [1.29, 1.82) is 0 Å². The Morgan fingerprint density at radius 2 is 2.00 bits per heavy atom. The Balaban J connectivity index is 1.91. The number of anilines is 2. The summed E-state index contributed by atoms with van der Waals surface area (Å²) in [5, 5.41) is 5.85. The van der Waals surface area contributed by atoms with Crippen LogP contribution in [0.2, 0.25) is 0 Å². The van der Waals surface area contributed by atoms with Gasteiger partial charge in [-0.15, -0.1) is 0 Å². The Kier molecular flexibility index (Phi) is 5.89. The molecule has 116 valence electrons. The molecule has 2 aromatic rings. The van der Waals surface area contributed by atoms with Gasteiger partial charge in [0.05, 0.1) is 17.4 Å². The van der Waals surface area contributed by atoms with Crippen molar-refractivity contribution in [3.05, 3.63) is 54.0 Å². The normalized spacial score (nSPS) is 10.3. The van der Waals surface area contributed by atoms with E-state index >= 15 is 0 Å². The predicted molar refractivity (Wildman–Crippen MR) is 86.6 cm³/mol. The Labute approximate surface area is 129 Å². The number of hydrogen-bond donors (Lipinski definition) is 2. The second-order valence-corrected chi connectivity index (χ2v) is 5.00. The standard InChI is InChI=1S/C17H20FN3O/c1-2-3-6-11-19-13-9-10-16(20-12-13)21-17(22)14-7-4-5-8-15(14)18/h4-5,7-10,12,19H,2-3,6,11H2,1H3,(H,20,21,22). The Morgan fingerprint density at radius 3 is 2.68 bits per heavy atom. The van der Waals surface area contributed by atoms with Crippen LogP contribution in [0.3, 0.4) is 0 Å². The monoisotopic (exact) mass is 301 g/mol. The van der Waals surface area contributed by atoms with Crippen molar-refractivity contribution in [2.24, 2.45) is 0 Å². The van der Waals surface area contributed by atoms with Crippen LogP contribution in [0, 0.1) is 5.82 Å². The number of carbonyl (C=O) groups is 1. The molecule has 1 heterocycles. The van der Waals surface area contributed by atoms with Gasteiger partial charge in [0, 0.05) is 6.54 Å². The summed E-state index contributed by atoms with van der Waals surface area (Å²) in [5.41, 5.74) is 0.908. The molecule has 22 heavy (non-hydrogen) atoms. The summed E-state index contributed by atoms with van der Waals surface area (Å²) in [6, 6.07) is 9.40. The van der Waals surface area contributed by atoms with Gasteiger partial charge in [-0.25, -0.2) is 9.37 Å². The molecule has 0 spiro atoms. The number of amides is 1. The maximum atomic E-state index is 13.5. The van der Waals surface area contributed by atoms with Crippen molar-refractivity contribution in [3.8, 4) is 0 Å². The molecule has 0 bridgehead atoms. The zero-order valence-electron chi connectivity index (χ0n) is 12.6. The van der Waals surface area contributed by atoms with E-state index in [0.29, 0.717) is 5.82 Å². The highest BCUT2D eigenvalue weighted by Crippen LogP contribution is 2.13. The van der Waals surface area contributed by atoms with Crippen molar-refractivity contribution in [1.82, 2.24) is 4.98 Å². The minimum absolute atomic E-state index is 0.00562. The molecule has 0 radical (unpaired) electrons. The highest BCUT2D eigenvalue weighted by molar-refractivity contribution is 6.03. The van der Waals surface area contributed by atoms with Crippen molar-refractivity contribution >= 4 is 17.4 Å². The number of nitrogens with zero attached hydrogens (tertiary/aromatic N) is 1. The van der Waals surface area contributed by atoms with Crippen LogP contribution in [-0.2, 0) is 0 Å². The summed E-state index contributed by atoms with van der Waals surface area (Å²) in [6.07, 6.45) is 5.14. The van der Waals surface area contributed by atoms with Gasteiger partial charge >= 0.3 is 0 Å². The van der Waals surface area contributed by atoms with Gasteiger partial charge in [-0.2, -0.15) is 0 Å². The van der Waals surface area contributed by atoms with Crippen LogP contribution in [0.4, 0.5) is 15.9 Å². The Hall–Kier alpha value is -2.43. The van der Waals surface area contributed by atoms with Gasteiger partial charge < -0.3 is 10.6 Å². The first-order valence-electron chi connectivity index (χ1n) is 7.46. The van der Waals surface area contributed by atoms with E-state index in [9.17, 15) is 9.18 Å². The summed E-state index contributed by atoms with van der Waals surface area (Å²) >= 11 is 0. The van der Waals surface area contributed by atoms with E-state index in [2.05, 4.69) is 22.5 Å². The molecule has 2 rings (SSSR count). The first-order valence-corrected chi connectivity index (χ1v) is 7.46. The number of hydrogen-bond acceptors (Lipinski definition) is 3. The third-order valence-electron chi connectivity index (χ3n) is 3.23. The lowest BCUT2D eigenvalue weighted by atomic mass is 10.2. The van der Waals surface area contributed by atoms with E-state index in [4.69, 9.17) is 0 Å². The fraction of sp³-hybridized carbons (Fsp3) is 0.294. The second kappa shape index (κ2) is 8.12. The third-order valence-corrected chi connectivity index (χ3v) is 3.23. The summed E-state index contributed by atoms with van der Waals surface area (Å²) in [4.78, 5) is 16.1. The lowest BCUT2D eigenvalue weighted by Gasteiger charge is -2.08. The van der Waals surface area contributed by atoms with Crippen LogP contribution < -0.4 is 10.6 Å². The predicted octanol–water partition coefficient (Wildman–Crippen LogP) is 4.08. The lowest BCUT2D eigenvalue weighted by Crippen LogP contribution is -2.14. The van der Waals surface area contributed by atoms with Crippen LogP contribution in [0.15, 0.2) is 42.6 Å². The molecule has 0 aliphatic rings. The maximum absolute atomic E-state index is 13.5.